The SMILES string of the molecule is CCOC(=O)C(NC=O)C(C)O. The summed E-state index contributed by atoms with van der Waals surface area (Å²) < 4.78 is 4.60. The van der Waals surface area contributed by atoms with E-state index in [1.54, 1.807) is 6.92 Å². The lowest BCUT2D eigenvalue weighted by Gasteiger charge is -2.16. The number of carbonyl (C=O) groups is 2. The molecule has 0 aliphatic carbocycles. The van der Waals surface area contributed by atoms with Crippen LogP contribution in [-0.4, -0.2) is 36.2 Å². The molecular formula is C7H13NO4. The van der Waals surface area contributed by atoms with E-state index < -0.39 is 18.1 Å². The number of rotatable bonds is 5. The molecule has 0 aliphatic heterocycles. The Morgan fingerprint density at radius 3 is 2.67 bits per heavy atom. The lowest BCUT2D eigenvalue weighted by molar-refractivity contribution is -0.149. The van der Waals surface area contributed by atoms with Gasteiger partial charge in [0.1, 0.15) is 0 Å². The van der Waals surface area contributed by atoms with E-state index in [1.807, 2.05) is 0 Å². The quantitative estimate of drug-likeness (QED) is 0.417. The fraction of sp³-hybridized carbons (Fsp3) is 0.714. The first-order chi connectivity index (χ1) is 5.63. The molecule has 0 heterocycles. The van der Waals surface area contributed by atoms with Gasteiger partial charge in [-0.25, -0.2) is 4.79 Å². The Morgan fingerprint density at radius 2 is 2.33 bits per heavy atom. The Balaban J connectivity index is 4.08. The molecule has 0 aliphatic rings. The van der Waals surface area contributed by atoms with Gasteiger partial charge in [0.2, 0.25) is 6.41 Å². The molecule has 0 aromatic heterocycles. The van der Waals surface area contributed by atoms with Crippen LogP contribution in [-0.2, 0) is 14.3 Å². The number of carbonyl (C=O) groups excluding carboxylic acids is 2. The third kappa shape index (κ3) is 3.34. The van der Waals surface area contributed by atoms with Crippen LogP contribution >= 0.6 is 0 Å². The summed E-state index contributed by atoms with van der Waals surface area (Å²) in [4.78, 5) is 21.0. The van der Waals surface area contributed by atoms with Crippen LogP contribution in [0.4, 0.5) is 0 Å². The maximum absolute atomic E-state index is 11.0. The highest BCUT2D eigenvalue weighted by Gasteiger charge is 2.23. The summed E-state index contributed by atoms with van der Waals surface area (Å²) in [5.74, 6) is -0.625. The minimum Gasteiger partial charge on any atom is -0.464 e. The molecule has 1 amide bonds. The van der Waals surface area contributed by atoms with Crippen molar-refractivity contribution in [2.24, 2.45) is 0 Å². The topological polar surface area (TPSA) is 75.6 Å². The molecule has 0 bridgehead atoms. The van der Waals surface area contributed by atoms with Crippen LogP contribution in [0.15, 0.2) is 0 Å². The van der Waals surface area contributed by atoms with Crippen LogP contribution in [0.5, 0.6) is 0 Å². The molecular weight excluding hydrogens is 162 g/mol. The van der Waals surface area contributed by atoms with E-state index in [0.29, 0.717) is 6.41 Å². The third-order valence-corrected chi connectivity index (χ3v) is 1.27. The van der Waals surface area contributed by atoms with E-state index in [9.17, 15) is 9.59 Å². The zero-order chi connectivity index (χ0) is 9.56. The highest BCUT2D eigenvalue weighted by molar-refractivity contribution is 5.78. The van der Waals surface area contributed by atoms with Gasteiger partial charge in [-0.2, -0.15) is 0 Å². The van der Waals surface area contributed by atoms with Crippen molar-refractivity contribution >= 4 is 12.4 Å². The third-order valence-electron chi connectivity index (χ3n) is 1.27. The van der Waals surface area contributed by atoms with Crippen molar-refractivity contribution in [3.05, 3.63) is 0 Å². The summed E-state index contributed by atoms with van der Waals surface area (Å²) in [5.41, 5.74) is 0. The van der Waals surface area contributed by atoms with Crippen LogP contribution in [0.3, 0.4) is 0 Å². The van der Waals surface area contributed by atoms with Gasteiger partial charge in [-0.3, -0.25) is 4.79 Å². The van der Waals surface area contributed by atoms with Crippen molar-refractivity contribution in [3.8, 4) is 0 Å². The number of hydrogen-bond donors (Lipinski definition) is 2. The number of aliphatic hydroxyl groups is 1. The van der Waals surface area contributed by atoms with Gasteiger partial charge >= 0.3 is 5.97 Å². The Kier molecular flexibility index (Phi) is 5.03. The van der Waals surface area contributed by atoms with Gasteiger partial charge in [0.05, 0.1) is 12.7 Å². The summed E-state index contributed by atoms with van der Waals surface area (Å²) in [7, 11) is 0. The first kappa shape index (κ1) is 10.9. The zero-order valence-electron chi connectivity index (χ0n) is 7.11. The number of aliphatic hydroxyl groups excluding tert-OH is 1. The molecule has 0 saturated carbocycles. The van der Waals surface area contributed by atoms with Gasteiger partial charge < -0.3 is 15.2 Å². The van der Waals surface area contributed by atoms with Gasteiger partial charge in [-0.15, -0.1) is 0 Å². The largest absolute Gasteiger partial charge is 0.464 e. The lowest BCUT2D eigenvalue weighted by Crippen LogP contribution is -2.45. The molecule has 2 atom stereocenters. The zero-order valence-corrected chi connectivity index (χ0v) is 7.11. The maximum Gasteiger partial charge on any atom is 0.331 e. The molecule has 70 valence electrons. The van der Waals surface area contributed by atoms with E-state index in [-0.39, 0.29) is 6.61 Å². The van der Waals surface area contributed by atoms with Crippen LogP contribution in [0, 0.1) is 0 Å². The highest BCUT2D eigenvalue weighted by Crippen LogP contribution is 1.94. The van der Waals surface area contributed by atoms with Gasteiger partial charge in [0.25, 0.3) is 0 Å². The molecule has 12 heavy (non-hydrogen) atoms. The number of nitrogens with one attached hydrogen (secondary N) is 1. The number of hydrogen-bond acceptors (Lipinski definition) is 4. The smallest absolute Gasteiger partial charge is 0.331 e. The molecule has 5 heteroatoms. The van der Waals surface area contributed by atoms with E-state index >= 15 is 0 Å². The fourth-order valence-corrected chi connectivity index (χ4v) is 0.710. The molecule has 0 aromatic carbocycles. The summed E-state index contributed by atoms with van der Waals surface area (Å²) in [6.45, 7) is 3.28. The average Bonchev–Trinajstić information content (AvgIpc) is 1.99. The minimum atomic E-state index is -0.970. The van der Waals surface area contributed by atoms with Crippen molar-refractivity contribution in [1.82, 2.24) is 5.32 Å². The standard InChI is InChI=1S/C7H13NO4/c1-3-12-7(11)6(5(2)10)8-4-9/h4-6,10H,3H2,1-2H3,(H,8,9). The normalized spacial score (nSPS) is 14.6. The van der Waals surface area contributed by atoms with E-state index in [0.717, 1.165) is 0 Å². The van der Waals surface area contributed by atoms with E-state index in [2.05, 4.69) is 10.1 Å². The Bertz CT molecular complexity index is 157. The van der Waals surface area contributed by atoms with Gasteiger partial charge in [-0.05, 0) is 13.8 Å². The van der Waals surface area contributed by atoms with Crippen LogP contribution < -0.4 is 5.32 Å². The molecule has 0 spiro atoms. The Morgan fingerprint density at radius 1 is 1.75 bits per heavy atom. The second-order valence-corrected chi connectivity index (χ2v) is 2.25. The molecule has 0 fully saturated rings. The van der Waals surface area contributed by atoms with Crippen molar-refractivity contribution in [2.75, 3.05) is 6.61 Å². The molecule has 2 unspecified atom stereocenters. The predicted molar refractivity (Wildman–Crippen MR) is 41.3 cm³/mol. The highest BCUT2D eigenvalue weighted by atomic mass is 16.5. The van der Waals surface area contributed by atoms with Crippen LogP contribution in [0.25, 0.3) is 0 Å². The van der Waals surface area contributed by atoms with Gasteiger partial charge in [0, 0.05) is 0 Å². The molecule has 0 saturated heterocycles. The molecule has 0 aromatic rings. The number of esters is 1. The van der Waals surface area contributed by atoms with E-state index in [1.165, 1.54) is 6.92 Å². The lowest BCUT2D eigenvalue weighted by atomic mass is 10.2. The number of ether oxygens (including phenoxy) is 1. The molecule has 2 N–H and O–H groups in total. The molecule has 0 radical (unpaired) electrons. The second kappa shape index (κ2) is 5.54. The van der Waals surface area contributed by atoms with Gasteiger partial charge in [0.15, 0.2) is 6.04 Å². The van der Waals surface area contributed by atoms with Crippen LogP contribution in [0.2, 0.25) is 0 Å². The summed E-state index contributed by atoms with van der Waals surface area (Å²) >= 11 is 0. The molecule has 0 rings (SSSR count). The summed E-state index contributed by atoms with van der Waals surface area (Å²) in [6.07, 6.45) is -0.594. The van der Waals surface area contributed by atoms with Crippen molar-refractivity contribution in [2.45, 2.75) is 26.0 Å². The predicted octanol–water partition coefficient (Wildman–Crippen LogP) is -0.955. The Labute approximate surface area is 70.7 Å². The van der Waals surface area contributed by atoms with Crippen molar-refractivity contribution in [3.63, 3.8) is 0 Å². The summed E-state index contributed by atoms with van der Waals surface area (Å²) in [5, 5.41) is 11.2. The first-order valence-corrected chi connectivity index (χ1v) is 3.67. The Hall–Kier alpha value is -1.10. The second-order valence-electron chi connectivity index (χ2n) is 2.25. The van der Waals surface area contributed by atoms with Crippen LogP contribution in [0.1, 0.15) is 13.8 Å². The van der Waals surface area contributed by atoms with Crippen molar-refractivity contribution in [1.29, 1.82) is 0 Å². The minimum absolute atomic E-state index is 0.225. The summed E-state index contributed by atoms with van der Waals surface area (Å²) in [6, 6.07) is -0.970. The first-order valence-electron chi connectivity index (χ1n) is 3.67. The number of amides is 1. The average molecular weight is 175 g/mol. The van der Waals surface area contributed by atoms with Crippen molar-refractivity contribution < 1.29 is 19.4 Å². The van der Waals surface area contributed by atoms with Gasteiger partial charge in [-0.1, -0.05) is 0 Å². The fourth-order valence-electron chi connectivity index (χ4n) is 0.710. The maximum atomic E-state index is 11.0. The monoisotopic (exact) mass is 175 g/mol. The molecule has 5 nitrogen and oxygen atoms in total. The van der Waals surface area contributed by atoms with E-state index in [4.69, 9.17) is 5.11 Å².